The molecule has 0 aromatic rings. The van der Waals surface area contributed by atoms with Crippen molar-refractivity contribution in [1.82, 2.24) is 10.2 Å². The molecule has 0 saturated carbocycles. The third-order valence-corrected chi connectivity index (χ3v) is 2.59. The van der Waals surface area contributed by atoms with Gasteiger partial charge in [0.1, 0.15) is 0 Å². The number of piperidine rings is 1. The fourth-order valence-corrected chi connectivity index (χ4v) is 1.88. The molecule has 3 heteroatoms. The molecule has 3 nitrogen and oxygen atoms in total. The predicted octanol–water partition coefficient (Wildman–Crippen LogP) is 0.995. The van der Waals surface area contributed by atoms with E-state index in [9.17, 15) is 4.79 Å². The first-order valence-corrected chi connectivity index (χ1v) is 5.00. The average Bonchev–Trinajstić information content (AvgIpc) is 2.05. The summed E-state index contributed by atoms with van der Waals surface area (Å²) >= 11 is 0. The molecule has 0 unspecified atom stereocenters. The van der Waals surface area contributed by atoms with Crippen LogP contribution < -0.4 is 5.32 Å². The monoisotopic (exact) mass is 184 g/mol. The molecule has 0 radical (unpaired) electrons. The Balaban J connectivity index is 2.59. The molecule has 1 fully saturated rings. The van der Waals surface area contributed by atoms with E-state index in [1.807, 2.05) is 4.90 Å². The smallest absolute Gasteiger partial charge is 0.210 e. The molecule has 0 aromatic heterocycles. The van der Waals surface area contributed by atoms with Gasteiger partial charge in [-0.1, -0.05) is 0 Å². The third kappa shape index (κ3) is 2.69. The minimum absolute atomic E-state index is 0.0379. The van der Waals surface area contributed by atoms with Gasteiger partial charge in [0.15, 0.2) is 0 Å². The van der Waals surface area contributed by atoms with Crippen molar-refractivity contribution in [2.75, 3.05) is 13.1 Å². The van der Waals surface area contributed by atoms with Gasteiger partial charge in [0.2, 0.25) is 6.41 Å². The van der Waals surface area contributed by atoms with Crippen LogP contribution in [0.25, 0.3) is 0 Å². The van der Waals surface area contributed by atoms with Gasteiger partial charge in [-0.2, -0.15) is 0 Å². The summed E-state index contributed by atoms with van der Waals surface area (Å²) in [4.78, 5) is 12.9. The molecule has 1 aliphatic rings. The van der Waals surface area contributed by atoms with E-state index in [0.717, 1.165) is 32.3 Å². The summed E-state index contributed by atoms with van der Waals surface area (Å²) in [6.45, 7) is 8.33. The highest BCUT2D eigenvalue weighted by Gasteiger charge is 2.28. The highest BCUT2D eigenvalue weighted by molar-refractivity contribution is 5.49. The second-order valence-electron chi connectivity index (χ2n) is 4.66. The topological polar surface area (TPSA) is 32.3 Å². The number of hydrogen-bond donors (Lipinski definition) is 1. The Morgan fingerprint density at radius 2 is 1.85 bits per heavy atom. The van der Waals surface area contributed by atoms with Crippen molar-refractivity contribution < 1.29 is 4.79 Å². The van der Waals surface area contributed by atoms with E-state index < -0.39 is 0 Å². The molecule has 76 valence electrons. The van der Waals surface area contributed by atoms with Crippen LogP contribution in [0.1, 0.15) is 33.6 Å². The first kappa shape index (κ1) is 10.5. The molecule has 0 atom stereocenters. The average molecular weight is 184 g/mol. The molecule has 0 aliphatic carbocycles. The lowest BCUT2D eigenvalue weighted by molar-refractivity contribution is -0.125. The van der Waals surface area contributed by atoms with Crippen LogP contribution in [0.5, 0.6) is 0 Å². The third-order valence-electron chi connectivity index (χ3n) is 2.59. The number of carbonyl (C=O) groups is 1. The quantitative estimate of drug-likeness (QED) is 0.649. The molecule has 0 bridgehead atoms. The van der Waals surface area contributed by atoms with Gasteiger partial charge in [-0.15, -0.1) is 0 Å². The van der Waals surface area contributed by atoms with Crippen LogP contribution in [0.4, 0.5) is 0 Å². The van der Waals surface area contributed by atoms with E-state index >= 15 is 0 Å². The molecule has 1 rings (SSSR count). The fourth-order valence-electron chi connectivity index (χ4n) is 1.88. The molecule has 1 heterocycles. The van der Waals surface area contributed by atoms with E-state index in [0.29, 0.717) is 6.04 Å². The van der Waals surface area contributed by atoms with Crippen molar-refractivity contribution in [2.45, 2.75) is 45.2 Å². The molecule has 1 amide bonds. The van der Waals surface area contributed by atoms with Crippen molar-refractivity contribution in [3.05, 3.63) is 0 Å². The van der Waals surface area contributed by atoms with Gasteiger partial charge in [0, 0.05) is 11.6 Å². The zero-order valence-corrected chi connectivity index (χ0v) is 8.84. The summed E-state index contributed by atoms with van der Waals surface area (Å²) in [6.07, 6.45) is 3.15. The standard InChI is InChI=1S/C10H20N2O/c1-10(2,3)12(8-13)9-4-6-11-7-5-9/h8-9,11H,4-7H2,1-3H3. The van der Waals surface area contributed by atoms with Gasteiger partial charge >= 0.3 is 0 Å². The van der Waals surface area contributed by atoms with Crippen molar-refractivity contribution >= 4 is 6.41 Å². The molecule has 0 aromatic carbocycles. The Hall–Kier alpha value is -0.570. The summed E-state index contributed by atoms with van der Waals surface area (Å²) < 4.78 is 0. The maximum absolute atomic E-state index is 11.0. The summed E-state index contributed by atoms with van der Waals surface area (Å²) in [5.41, 5.74) is -0.0379. The van der Waals surface area contributed by atoms with E-state index in [1.165, 1.54) is 0 Å². The van der Waals surface area contributed by atoms with E-state index in [-0.39, 0.29) is 5.54 Å². The Kier molecular flexibility index (Phi) is 3.31. The summed E-state index contributed by atoms with van der Waals surface area (Å²) in [7, 11) is 0. The van der Waals surface area contributed by atoms with Gasteiger partial charge in [-0.3, -0.25) is 4.79 Å². The zero-order chi connectivity index (χ0) is 9.90. The predicted molar refractivity (Wildman–Crippen MR) is 53.5 cm³/mol. The highest BCUT2D eigenvalue weighted by Crippen LogP contribution is 2.20. The first-order valence-electron chi connectivity index (χ1n) is 5.00. The normalized spacial score (nSPS) is 19.9. The van der Waals surface area contributed by atoms with E-state index in [2.05, 4.69) is 26.1 Å². The SMILES string of the molecule is CC(C)(C)N(C=O)C1CCNCC1. The van der Waals surface area contributed by atoms with Gasteiger partial charge in [-0.25, -0.2) is 0 Å². The highest BCUT2D eigenvalue weighted by atomic mass is 16.1. The molecule has 0 spiro atoms. The molecule has 1 aliphatic heterocycles. The second-order valence-corrected chi connectivity index (χ2v) is 4.66. The van der Waals surface area contributed by atoms with Crippen molar-refractivity contribution in [3.8, 4) is 0 Å². The summed E-state index contributed by atoms with van der Waals surface area (Å²) in [6, 6.07) is 0.429. The van der Waals surface area contributed by atoms with Gasteiger partial charge < -0.3 is 10.2 Å². The Morgan fingerprint density at radius 1 is 1.31 bits per heavy atom. The van der Waals surface area contributed by atoms with Crippen LogP contribution in [0.2, 0.25) is 0 Å². The lowest BCUT2D eigenvalue weighted by Crippen LogP contribution is -2.50. The van der Waals surface area contributed by atoms with Crippen molar-refractivity contribution in [2.24, 2.45) is 0 Å². The summed E-state index contributed by atoms with van der Waals surface area (Å²) in [5.74, 6) is 0. The number of hydrogen-bond acceptors (Lipinski definition) is 2. The van der Waals surface area contributed by atoms with Gasteiger partial charge in [0.25, 0.3) is 0 Å². The Morgan fingerprint density at radius 3 is 2.23 bits per heavy atom. The number of carbonyl (C=O) groups excluding carboxylic acids is 1. The summed E-state index contributed by atoms with van der Waals surface area (Å²) in [5, 5.41) is 3.30. The van der Waals surface area contributed by atoms with Crippen LogP contribution in [0.3, 0.4) is 0 Å². The molecule has 1 saturated heterocycles. The van der Waals surface area contributed by atoms with Crippen LogP contribution in [0.15, 0.2) is 0 Å². The largest absolute Gasteiger partial charge is 0.337 e. The van der Waals surface area contributed by atoms with Crippen molar-refractivity contribution in [1.29, 1.82) is 0 Å². The maximum atomic E-state index is 11.0. The minimum Gasteiger partial charge on any atom is -0.337 e. The lowest BCUT2D eigenvalue weighted by Gasteiger charge is -2.40. The van der Waals surface area contributed by atoms with E-state index in [1.54, 1.807) is 0 Å². The van der Waals surface area contributed by atoms with Crippen LogP contribution in [-0.2, 0) is 4.79 Å². The van der Waals surface area contributed by atoms with Crippen LogP contribution >= 0.6 is 0 Å². The van der Waals surface area contributed by atoms with Crippen molar-refractivity contribution in [3.63, 3.8) is 0 Å². The Labute approximate surface area is 80.5 Å². The number of nitrogens with one attached hydrogen (secondary N) is 1. The van der Waals surface area contributed by atoms with Gasteiger partial charge in [-0.05, 0) is 46.7 Å². The minimum atomic E-state index is -0.0379. The van der Waals surface area contributed by atoms with Crippen LogP contribution in [0, 0.1) is 0 Å². The van der Waals surface area contributed by atoms with Gasteiger partial charge in [0.05, 0.1) is 0 Å². The molecular formula is C10H20N2O. The lowest BCUT2D eigenvalue weighted by atomic mass is 9.98. The molecule has 13 heavy (non-hydrogen) atoms. The fraction of sp³-hybridized carbons (Fsp3) is 0.900. The van der Waals surface area contributed by atoms with Crippen LogP contribution in [-0.4, -0.2) is 36.0 Å². The second kappa shape index (κ2) is 4.09. The number of nitrogens with zero attached hydrogens (tertiary/aromatic N) is 1. The molecule has 1 N–H and O–H groups in total. The zero-order valence-electron chi connectivity index (χ0n) is 8.84. The Bertz CT molecular complexity index is 168. The molecular weight excluding hydrogens is 164 g/mol. The maximum Gasteiger partial charge on any atom is 0.210 e. The van der Waals surface area contributed by atoms with E-state index in [4.69, 9.17) is 0 Å². The number of amides is 1. The first-order chi connectivity index (χ1) is 6.05. The number of rotatable bonds is 2.